The molecule has 0 spiro atoms. The molecule has 0 atom stereocenters. The second-order valence-electron chi connectivity index (χ2n) is 4.72. The number of rotatable bonds is 4. The Hall–Kier alpha value is -1.70. The Morgan fingerprint density at radius 2 is 2.31 bits per heavy atom. The van der Waals surface area contributed by atoms with Gasteiger partial charge in [0.15, 0.2) is 5.82 Å². The van der Waals surface area contributed by atoms with E-state index in [1.807, 2.05) is 0 Å². The van der Waals surface area contributed by atoms with Crippen LogP contribution < -0.4 is 11.1 Å². The van der Waals surface area contributed by atoms with Crippen molar-refractivity contribution in [3.05, 3.63) is 5.56 Å². The summed E-state index contributed by atoms with van der Waals surface area (Å²) in [6.45, 7) is 4.94. The molecule has 3 N–H and O–H groups in total. The largest absolute Gasteiger partial charge is 0.383 e. The Morgan fingerprint density at radius 3 is 2.81 bits per heavy atom. The Bertz CT molecular complexity index is 422. The van der Waals surface area contributed by atoms with E-state index in [0.717, 1.165) is 19.4 Å². The van der Waals surface area contributed by atoms with Crippen molar-refractivity contribution in [3.8, 4) is 6.07 Å². The van der Waals surface area contributed by atoms with Crippen LogP contribution in [0.25, 0.3) is 0 Å². The maximum absolute atomic E-state index is 9.06. The number of nitrogen functional groups attached to an aromatic ring is 1. The number of aromatic nitrogens is 2. The Kier molecular flexibility index (Phi) is 2.73. The van der Waals surface area contributed by atoms with Crippen molar-refractivity contribution in [3.63, 3.8) is 0 Å². The van der Waals surface area contributed by atoms with Crippen molar-refractivity contribution < 1.29 is 0 Å². The third-order valence-electron chi connectivity index (χ3n) is 2.56. The van der Waals surface area contributed by atoms with Crippen molar-refractivity contribution in [1.29, 1.82) is 5.26 Å². The van der Waals surface area contributed by atoms with E-state index in [1.54, 1.807) is 4.68 Å². The summed E-state index contributed by atoms with van der Waals surface area (Å²) in [6.07, 6.45) is 2.31. The molecular formula is C11H17N5. The zero-order chi connectivity index (χ0) is 11.7. The smallest absolute Gasteiger partial charge is 0.168 e. The van der Waals surface area contributed by atoms with E-state index in [2.05, 4.69) is 30.3 Å². The molecule has 0 saturated heterocycles. The average Bonchev–Trinajstić information content (AvgIpc) is 2.95. The lowest BCUT2D eigenvalue weighted by Crippen LogP contribution is -2.10. The van der Waals surface area contributed by atoms with Crippen LogP contribution in [-0.4, -0.2) is 15.8 Å². The fourth-order valence-corrected chi connectivity index (χ4v) is 1.59. The summed E-state index contributed by atoms with van der Waals surface area (Å²) in [5, 5.41) is 16.7. The SMILES string of the molecule is CC(C)Cn1nc(NC2CC2)c(C#N)c1N. The van der Waals surface area contributed by atoms with Crippen LogP contribution in [0.15, 0.2) is 0 Å². The van der Waals surface area contributed by atoms with E-state index >= 15 is 0 Å². The number of hydrogen-bond donors (Lipinski definition) is 2. The molecule has 16 heavy (non-hydrogen) atoms. The first-order valence-corrected chi connectivity index (χ1v) is 5.64. The zero-order valence-electron chi connectivity index (χ0n) is 9.70. The lowest BCUT2D eigenvalue weighted by atomic mass is 10.2. The quantitative estimate of drug-likeness (QED) is 0.805. The van der Waals surface area contributed by atoms with E-state index in [1.165, 1.54) is 0 Å². The van der Waals surface area contributed by atoms with Gasteiger partial charge in [0, 0.05) is 12.6 Å². The van der Waals surface area contributed by atoms with Crippen molar-refractivity contribution in [2.45, 2.75) is 39.3 Å². The van der Waals surface area contributed by atoms with E-state index in [9.17, 15) is 0 Å². The second kappa shape index (κ2) is 4.05. The van der Waals surface area contributed by atoms with Gasteiger partial charge in [0.1, 0.15) is 17.5 Å². The van der Waals surface area contributed by atoms with Crippen molar-refractivity contribution >= 4 is 11.6 Å². The van der Waals surface area contributed by atoms with Gasteiger partial charge in [-0.2, -0.15) is 10.4 Å². The van der Waals surface area contributed by atoms with Crippen LogP contribution in [0.5, 0.6) is 0 Å². The normalized spacial score (nSPS) is 15.1. The summed E-state index contributed by atoms with van der Waals surface area (Å²) in [5.41, 5.74) is 6.38. The molecular weight excluding hydrogens is 202 g/mol. The Morgan fingerprint density at radius 1 is 1.62 bits per heavy atom. The molecule has 1 aromatic rings. The molecule has 86 valence electrons. The van der Waals surface area contributed by atoms with Crippen molar-refractivity contribution in [2.75, 3.05) is 11.1 Å². The second-order valence-corrected chi connectivity index (χ2v) is 4.72. The number of nitrogens with one attached hydrogen (secondary N) is 1. The minimum absolute atomic E-state index is 0.461. The van der Waals surface area contributed by atoms with Crippen molar-refractivity contribution in [1.82, 2.24) is 9.78 Å². The number of anilines is 2. The Labute approximate surface area is 95.2 Å². The van der Waals surface area contributed by atoms with Crippen LogP contribution in [0.1, 0.15) is 32.3 Å². The van der Waals surface area contributed by atoms with Gasteiger partial charge in [-0.1, -0.05) is 13.8 Å². The van der Waals surface area contributed by atoms with E-state index in [4.69, 9.17) is 11.0 Å². The maximum atomic E-state index is 9.06. The van der Waals surface area contributed by atoms with Gasteiger partial charge in [0.05, 0.1) is 0 Å². The monoisotopic (exact) mass is 219 g/mol. The average molecular weight is 219 g/mol. The molecule has 5 heteroatoms. The van der Waals surface area contributed by atoms with Gasteiger partial charge in [0.2, 0.25) is 0 Å². The molecule has 1 aliphatic carbocycles. The summed E-state index contributed by atoms with van der Waals surface area (Å²) >= 11 is 0. The number of nitrogens with zero attached hydrogens (tertiary/aromatic N) is 3. The number of nitrogens with two attached hydrogens (primary N) is 1. The van der Waals surface area contributed by atoms with E-state index in [-0.39, 0.29) is 0 Å². The summed E-state index contributed by atoms with van der Waals surface area (Å²) < 4.78 is 1.72. The molecule has 0 amide bonds. The summed E-state index contributed by atoms with van der Waals surface area (Å²) in [5.74, 6) is 1.57. The molecule has 1 heterocycles. The highest BCUT2D eigenvalue weighted by molar-refractivity contribution is 5.64. The molecule has 1 fully saturated rings. The summed E-state index contributed by atoms with van der Waals surface area (Å²) in [6, 6.07) is 2.60. The third kappa shape index (κ3) is 2.11. The van der Waals surface area contributed by atoms with E-state index < -0.39 is 0 Å². The molecule has 0 unspecified atom stereocenters. The molecule has 5 nitrogen and oxygen atoms in total. The van der Waals surface area contributed by atoms with E-state index in [0.29, 0.717) is 29.2 Å². The molecule has 1 aliphatic rings. The van der Waals surface area contributed by atoms with Crippen LogP contribution in [0, 0.1) is 17.2 Å². The first-order chi connectivity index (χ1) is 7.61. The predicted octanol–water partition coefficient (Wildman–Crippen LogP) is 1.57. The fraction of sp³-hybridized carbons (Fsp3) is 0.636. The van der Waals surface area contributed by atoms with Gasteiger partial charge >= 0.3 is 0 Å². The van der Waals surface area contributed by atoms with Crippen LogP contribution >= 0.6 is 0 Å². The third-order valence-corrected chi connectivity index (χ3v) is 2.56. The van der Waals surface area contributed by atoms with Crippen LogP contribution in [0.4, 0.5) is 11.6 Å². The minimum atomic E-state index is 0.461. The molecule has 0 aromatic carbocycles. The molecule has 1 saturated carbocycles. The maximum Gasteiger partial charge on any atom is 0.168 e. The fourth-order valence-electron chi connectivity index (χ4n) is 1.59. The van der Waals surface area contributed by atoms with Crippen molar-refractivity contribution in [2.24, 2.45) is 5.92 Å². The first-order valence-electron chi connectivity index (χ1n) is 5.64. The number of nitriles is 1. The predicted molar refractivity (Wildman–Crippen MR) is 62.8 cm³/mol. The number of hydrogen-bond acceptors (Lipinski definition) is 4. The van der Waals surface area contributed by atoms with Gasteiger partial charge in [-0.05, 0) is 18.8 Å². The lowest BCUT2D eigenvalue weighted by molar-refractivity contribution is 0.489. The van der Waals surface area contributed by atoms with Gasteiger partial charge < -0.3 is 11.1 Å². The topological polar surface area (TPSA) is 79.7 Å². The molecule has 0 bridgehead atoms. The minimum Gasteiger partial charge on any atom is -0.383 e. The highest BCUT2D eigenvalue weighted by atomic mass is 15.3. The highest BCUT2D eigenvalue weighted by Crippen LogP contribution is 2.28. The van der Waals surface area contributed by atoms with Crippen LogP contribution in [0.2, 0.25) is 0 Å². The zero-order valence-corrected chi connectivity index (χ0v) is 9.70. The molecule has 1 aromatic heterocycles. The van der Waals surface area contributed by atoms with Gasteiger partial charge in [-0.25, -0.2) is 4.68 Å². The molecule has 2 rings (SSSR count). The first kappa shape index (κ1) is 10.8. The van der Waals surface area contributed by atoms with Gasteiger partial charge in [-0.3, -0.25) is 0 Å². The van der Waals surface area contributed by atoms with Crippen LogP contribution in [-0.2, 0) is 6.54 Å². The molecule has 0 aliphatic heterocycles. The lowest BCUT2D eigenvalue weighted by Gasteiger charge is -2.06. The molecule has 0 radical (unpaired) electrons. The van der Waals surface area contributed by atoms with Gasteiger partial charge in [-0.15, -0.1) is 0 Å². The summed E-state index contributed by atoms with van der Waals surface area (Å²) in [7, 11) is 0. The standard InChI is InChI=1S/C11H17N5/c1-7(2)6-16-10(13)9(5-12)11(15-16)14-8-3-4-8/h7-8H,3-4,6,13H2,1-2H3,(H,14,15). The van der Waals surface area contributed by atoms with Gasteiger partial charge in [0.25, 0.3) is 0 Å². The Balaban J connectivity index is 2.25. The summed E-state index contributed by atoms with van der Waals surface area (Å²) in [4.78, 5) is 0. The highest BCUT2D eigenvalue weighted by Gasteiger charge is 2.25. The van der Waals surface area contributed by atoms with Crippen LogP contribution in [0.3, 0.4) is 0 Å².